The summed E-state index contributed by atoms with van der Waals surface area (Å²) in [6.45, 7) is 0.452. The zero-order chi connectivity index (χ0) is 19.7. The molecular formula is C21H18ClN5O. The Kier molecular flexibility index (Phi) is 4.81. The van der Waals surface area contributed by atoms with E-state index in [1.165, 1.54) is 4.57 Å². The van der Waals surface area contributed by atoms with Crippen LogP contribution in [-0.2, 0) is 13.6 Å². The summed E-state index contributed by atoms with van der Waals surface area (Å²) in [5.41, 5.74) is 9.09. The van der Waals surface area contributed by atoms with Gasteiger partial charge in [-0.15, -0.1) is 0 Å². The van der Waals surface area contributed by atoms with Gasteiger partial charge in [-0.1, -0.05) is 41.9 Å². The number of nitrogens with two attached hydrogens (primary N) is 1. The third-order valence-corrected chi connectivity index (χ3v) is 4.86. The van der Waals surface area contributed by atoms with E-state index in [1.807, 2.05) is 42.5 Å². The number of aryl methyl sites for hydroxylation is 1. The first-order valence-corrected chi connectivity index (χ1v) is 9.12. The first-order valence-electron chi connectivity index (χ1n) is 8.74. The highest BCUT2D eigenvalue weighted by Gasteiger charge is 2.13. The summed E-state index contributed by atoms with van der Waals surface area (Å²) in [5, 5.41) is 4.43. The molecule has 0 aliphatic rings. The van der Waals surface area contributed by atoms with E-state index in [0.29, 0.717) is 34.3 Å². The zero-order valence-corrected chi connectivity index (χ0v) is 15.9. The first-order chi connectivity index (χ1) is 13.6. The molecule has 0 bridgehead atoms. The Morgan fingerprint density at radius 1 is 1.11 bits per heavy atom. The molecule has 0 saturated carbocycles. The second-order valence-corrected chi connectivity index (χ2v) is 6.81. The predicted octanol–water partition coefficient (Wildman–Crippen LogP) is 3.85. The number of halogens is 1. The third-order valence-electron chi connectivity index (χ3n) is 4.53. The van der Waals surface area contributed by atoms with Crippen LogP contribution in [0, 0.1) is 0 Å². The Morgan fingerprint density at radius 2 is 1.93 bits per heavy atom. The Labute approximate surface area is 166 Å². The summed E-state index contributed by atoms with van der Waals surface area (Å²) in [7, 11) is 1.69. The number of anilines is 2. The molecule has 2 aromatic carbocycles. The Morgan fingerprint density at radius 3 is 2.71 bits per heavy atom. The number of benzene rings is 2. The molecule has 28 heavy (non-hydrogen) atoms. The molecule has 0 radical (unpaired) electrons. The summed E-state index contributed by atoms with van der Waals surface area (Å²) in [6, 6.07) is 16.8. The summed E-state index contributed by atoms with van der Waals surface area (Å²) in [5.74, 6) is 0.405. The maximum atomic E-state index is 12.9. The van der Waals surface area contributed by atoms with Crippen LogP contribution < -0.4 is 16.6 Å². The predicted molar refractivity (Wildman–Crippen MR) is 113 cm³/mol. The molecule has 0 aliphatic heterocycles. The summed E-state index contributed by atoms with van der Waals surface area (Å²) < 4.78 is 1.51. The Balaban J connectivity index is 1.78. The van der Waals surface area contributed by atoms with Gasteiger partial charge in [0, 0.05) is 47.0 Å². The lowest BCUT2D eigenvalue weighted by molar-refractivity contribution is 0.887. The molecule has 0 atom stereocenters. The quantitative estimate of drug-likeness (QED) is 0.551. The molecule has 7 heteroatoms. The highest BCUT2D eigenvalue weighted by molar-refractivity contribution is 6.33. The second kappa shape index (κ2) is 7.42. The number of pyridine rings is 1. The van der Waals surface area contributed by atoms with Gasteiger partial charge in [-0.2, -0.15) is 4.98 Å². The zero-order valence-electron chi connectivity index (χ0n) is 15.2. The van der Waals surface area contributed by atoms with Crippen LogP contribution in [0.5, 0.6) is 0 Å². The third kappa shape index (κ3) is 3.35. The van der Waals surface area contributed by atoms with Gasteiger partial charge < -0.3 is 11.1 Å². The fourth-order valence-electron chi connectivity index (χ4n) is 3.08. The average Bonchev–Trinajstić information content (AvgIpc) is 2.72. The Hall–Kier alpha value is -3.22. The van der Waals surface area contributed by atoms with Crippen molar-refractivity contribution in [1.29, 1.82) is 0 Å². The van der Waals surface area contributed by atoms with Crippen molar-refractivity contribution in [2.24, 2.45) is 12.8 Å². The van der Waals surface area contributed by atoms with Crippen molar-refractivity contribution in [3.05, 3.63) is 81.7 Å². The average molecular weight is 392 g/mol. The number of hydrogen-bond acceptors (Lipinski definition) is 5. The number of nitrogens with one attached hydrogen (secondary N) is 1. The second-order valence-electron chi connectivity index (χ2n) is 6.40. The van der Waals surface area contributed by atoms with E-state index >= 15 is 0 Å². The normalized spacial score (nSPS) is 11.0. The van der Waals surface area contributed by atoms with E-state index in [4.69, 9.17) is 17.3 Å². The highest BCUT2D eigenvalue weighted by Crippen LogP contribution is 2.27. The molecule has 0 saturated heterocycles. The van der Waals surface area contributed by atoms with E-state index < -0.39 is 0 Å². The molecule has 6 nitrogen and oxygen atoms in total. The number of rotatable bonds is 4. The van der Waals surface area contributed by atoms with Crippen LogP contribution in [-0.4, -0.2) is 14.5 Å². The topological polar surface area (TPSA) is 85.8 Å². The van der Waals surface area contributed by atoms with E-state index in [-0.39, 0.29) is 5.56 Å². The maximum absolute atomic E-state index is 12.9. The van der Waals surface area contributed by atoms with Crippen molar-refractivity contribution in [3.8, 4) is 11.1 Å². The van der Waals surface area contributed by atoms with Crippen LogP contribution in [0.2, 0.25) is 5.02 Å². The summed E-state index contributed by atoms with van der Waals surface area (Å²) in [6.07, 6.45) is 1.69. The molecule has 4 rings (SSSR count). The van der Waals surface area contributed by atoms with Gasteiger partial charge in [-0.3, -0.25) is 9.36 Å². The van der Waals surface area contributed by atoms with Gasteiger partial charge in [0.1, 0.15) is 5.65 Å². The van der Waals surface area contributed by atoms with Crippen LogP contribution >= 0.6 is 11.6 Å². The van der Waals surface area contributed by atoms with E-state index in [1.54, 1.807) is 25.4 Å². The molecule has 3 N–H and O–H groups in total. The van der Waals surface area contributed by atoms with Crippen molar-refractivity contribution in [1.82, 2.24) is 14.5 Å². The van der Waals surface area contributed by atoms with Gasteiger partial charge in [0.2, 0.25) is 5.95 Å². The van der Waals surface area contributed by atoms with Crippen LogP contribution in [0.3, 0.4) is 0 Å². The first kappa shape index (κ1) is 18.2. The minimum absolute atomic E-state index is 0.171. The summed E-state index contributed by atoms with van der Waals surface area (Å²) in [4.78, 5) is 21.8. The number of nitrogens with zero attached hydrogens (tertiary/aromatic N) is 3. The summed E-state index contributed by atoms with van der Waals surface area (Å²) >= 11 is 6.28. The highest BCUT2D eigenvalue weighted by atomic mass is 35.5. The number of hydrogen-bond donors (Lipinski definition) is 2. The molecule has 0 fully saturated rings. The van der Waals surface area contributed by atoms with Crippen molar-refractivity contribution >= 4 is 34.3 Å². The standard InChI is InChI=1S/C21H18ClN5O/c1-27-19-14(10-17(20(27)28)16-7-2-3-8-18(16)22)12-24-21(26-19)25-15-6-4-5-13(9-15)11-23/h2-10,12H,11,23H2,1H3,(H,24,25,26). The molecule has 140 valence electrons. The molecular weight excluding hydrogens is 374 g/mol. The van der Waals surface area contributed by atoms with Gasteiger partial charge in [0.25, 0.3) is 5.56 Å². The van der Waals surface area contributed by atoms with Crippen LogP contribution in [0.1, 0.15) is 5.56 Å². The van der Waals surface area contributed by atoms with Crippen LogP contribution in [0.25, 0.3) is 22.2 Å². The van der Waals surface area contributed by atoms with Gasteiger partial charge in [-0.05, 0) is 29.8 Å². The van der Waals surface area contributed by atoms with Gasteiger partial charge in [-0.25, -0.2) is 4.98 Å². The molecule has 2 aromatic heterocycles. The minimum Gasteiger partial charge on any atom is -0.326 e. The Bertz CT molecular complexity index is 1240. The van der Waals surface area contributed by atoms with Crippen LogP contribution in [0.4, 0.5) is 11.6 Å². The molecule has 0 amide bonds. The number of fused-ring (bicyclic) bond motifs is 1. The maximum Gasteiger partial charge on any atom is 0.259 e. The van der Waals surface area contributed by atoms with Crippen LogP contribution in [0.15, 0.2) is 65.6 Å². The molecule has 0 aliphatic carbocycles. The van der Waals surface area contributed by atoms with E-state index in [2.05, 4.69) is 15.3 Å². The van der Waals surface area contributed by atoms with Crippen molar-refractivity contribution in [2.45, 2.75) is 6.54 Å². The minimum atomic E-state index is -0.171. The lowest BCUT2D eigenvalue weighted by atomic mass is 10.1. The fourth-order valence-corrected chi connectivity index (χ4v) is 3.32. The number of aromatic nitrogens is 3. The monoisotopic (exact) mass is 391 g/mol. The van der Waals surface area contributed by atoms with Crippen molar-refractivity contribution in [3.63, 3.8) is 0 Å². The van der Waals surface area contributed by atoms with E-state index in [0.717, 1.165) is 16.6 Å². The van der Waals surface area contributed by atoms with Gasteiger partial charge in [0.05, 0.1) is 0 Å². The SMILES string of the molecule is Cn1c(=O)c(-c2ccccc2Cl)cc2cnc(Nc3cccc(CN)c3)nc21. The lowest BCUT2D eigenvalue weighted by Gasteiger charge is -2.11. The van der Waals surface area contributed by atoms with Gasteiger partial charge >= 0.3 is 0 Å². The molecule has 2 heterocycles. The molecule has 4 aromatic rings. The van der Waals surface area contributed by atoms with Gasteiger partial charge in [0.15, 0.2) is 0 Å². The lowest BCUT2D eigenvalue weighted by Crippen LogP contribution is -2.20. The fraction of sp³-hybridized carbons (Fsp3) is 0.0952. The molecule has 0 spiro atoms. The largest absolute Gasteiger partial charge is 0.326 e. The van der Waals surface area contributed by atoms with E-state index in [9.17, 15) is 4.79 Å². The molecule has 0 unspecified atom stereocenters. The van der Waals surface area contributed by atoms with Crippen molar-refractivity contribution < 1.29 is 0 Å². The smallest absolute Gasteiger partial charge is 0.259 e. The van der Waals surface area contributed by atoms with Crippen molar-refractivity contribution in [2.75, 3.05) is 5.32 Å².